The average molecular weight is 407 g/mol. The van der Waals surface area contributed by atoms with Gasteiger partial charge in [0.15, 0.2) is 5.82 Å². The fourth-order valence-electron chi connectivity index (χ4n) is 3.67. The summed E-state index contributed by atoms with van der Waals surface area (Å²) in [5, 5.41) is 9.84. The van der Waals surface area contributed by atoms with Gasteiger partial charge in [0.1, 0.15) is 11.5 Å². The van der Waals surface area contributed by atoms with Crippen molar-refractivity contribution in [2.75, 3.05) is 37.5 Å². The van der Waals surface area contributed by atoms with Gasteiger partial charge in [-0.1, -0.05) is 11.6 Å². The molecule has 1 fully saturated rings. The van der Waals surface area contributed by atoms with E-state index in [2.05, 4.69) is 25.4 Å². The van der Waals surface area contributed by atoms with Crippen molar-refractivity contribution >= 4 is 17.5 Å². The van der Waals surface area contributed by atoms with E-state index in [4.69, 9.17) is 9.47 Å². The molecule has 3 aromatic rings. The zero-order valence-corrected chi connectivity index (χ0v) is 17.4. The summed E-state index contributed by atoms with van der Waals surface area (Å²) in [6.07, 6.45) is 2.28. The molecule has 0 bridgehead atoms. The van der Waals surface area contributed by atoms with Gasteiger partial charge in [0.25, 0.3) is 5.91 Å². The molecule has 30 heavy (non-hydrogen) atoms. The monoisotopic (exact) mass is 407 g/mol. The summed E-state index contributed by atoms with van der Waals surface area (Å²) in [5.41, 5.74) is 3.33. The second kappa shape index (κ2) is 8.44. The lowest BCUT2D eigenvalue weighted by Crippen LogP contribution is -2.23. The molecule has 4 rings (SSSR count). The number of nitrogens with zero attached hydrogens (tertiary/aromatic N) is 3. The third-order valence-corrected chi connectivity index (χ3v) is 5.22. The summed E-state index contributed by atoms with van der Waals surface area (Å²) < 4.78 is 10.7. The van der Waals surface area contributed by atoms with Crippen LogP contribution in [-0.2, 0) is 0 Å². The predicted octanol–water partition coefficient (Wildman–Crippen LogP) is 3.65. The van der Waals surface area contributed by atoms with Gasteiger partial charge in [-0.2, -0.15) is 4.98 Å². The molecule has 1 saturated heterocycles. The molecule has 0 spiro atoms. The van der Waals surface area contributed by atoms with E-state index in [1.165, 1.54) is 0 Å². The number of H-pyrrole nitrogens is 1. The van der Waals surface area contributed by atoms with Gasteiger partial charge in [-0.25, -0.2) is 0 Å². The van der Waals surface area contributed by atoms with Crippen LogP contribution in [0.2, 0.25) is 0 Å². The minimum atomic E-state index is -0.229. The first-order chi connectivity index (χ1) is 14.6. The summed E-state index contributed by atoms with van der Waals surface area (Å²) in [6.45, 7) is 3.90. The zero-order chi connectivity index (χ0) is 21.1. The van der Waals surface area contributed by atoms with Gasteiger partial charge >= 0.3 is 0 Å². The van der Waals surface area contributed by atoms with E-state index in [1.807, 2.05) is 37.3 Å². The third-order valence-electron chi connectivity index (χ3n) is 5.22. The summed E-state index contributed by atoms with van der Waals surface area (Å²) in [4.78, 5) is 19.7. The Hall–Kier alpha value is -3.55. The van der Waals surface area contributed by atoms with Gasteiger partial charge in [0, 0.05) is 24.8 Å². The Morgan fingerprint density at radius 2 is 1.90 bits per heavy atom. The average Bonchev–Trinajstić information content (AvgIpc) is 3.45. The highest BCUT2D eigenvalue weighted by Crippen LogP contribution is 2.32. The Kier molecular flexibility index (Phi) is 5.56. The molecule has 0 radical (unpaired) electrons. The standard InChI is InChI=1S/C22H25N5O3/c1-14-6-9-18(27-10-4-5-11-27)17(12-14)21(28)24-22-23-20(25-26-22)16-8-7-15(29-2)13-19(16)30-3/h6-9,12-13H,4-5,10-11H2,1-3H3,(H2,23,24,25,26,28). The van der Waals surface area contributed by atoms with Gasteiger partial charge in [-0.15, -0.1) is 5.10 Å². The summed E-state index contributed by atoms with van der Waals surface area (Å²) in [7, 11) is 3.17. The van der Waals surface area contributed by atoms with Gasteiger partial charge in [0.05, 0.1) is 25.3 Å². The van der Waals surface area contributed by atoms with Crippen molar-refractivity contribution < 1.29 is 14.3 Å². The lowest BCUT2D eigenvalue weighted by Gasteiger charge is -2.21. The topological polar surface area (TPSA) is 92.4 Å². The first kappa shape index (κ1) is 19.8. The van der Waals surface area contributed by atoms with E-state index in [1.54, 1.807) is 20.3 Å². The Balaban J connectivity index is 1.58. The smallest absolute Gasteiger partial charge is 0.260 e. The molecular weight excluding hydrogens is 382 g/mol. The molecule has 0 aliphatic carbocycles. The number of aromatic amines is 1. The van der Waals surface area contributed by atoms with Crippen molar-refractivity contribution in [1.82, 2.24) is 15.2 Å². The number of hydrogen-bond donors (Lipinski definition) is 2. The number of ether oxygens (including phenoxy) is 2. The minimum absolute atomic E-state index is 0.210. The molecule has 2 heterocycles. The van der Waals surface area contributed by atoms with Crippen LogP contribution in [0.15, 0.2) is 36.4 Å². The molecule has 156 valence electrons. The van der Waals surface area contributed by atoms with Crippen LogP contribution in [0.5, 0.6) is 11.5 Å². The molecule has 1 aliphatic heterocycles. The van der Waals surface area contributed by atoms with E-state index < -0.39 is 0 Å². The molecule has 0 saturated carbocycles. The molecule has 1 aromatic heterocycles. The molecule has 2 aromatic carbocycles. The van der Waals surface area contributed by atoms with E-state index in [0.29, 0.717) is 22.9 Å². The number of benzene rings is 2. The number of hydrogen-bond acceptors (Lipinski definition) is 6. The normalized spacial score (nSPS) is 13.4. The Morgan fingerprint density at radius 3 is 2.63 bits per heavy atom. The van der Waals surface area contributed by atoms with Crippen molar-refractivity contribution in [1.29, 1.82) is 0 Å². The van der Waals surface area contributed by atoms with Gasteiger partial charge < -0.3 is 14.4 Å². The lowest BCUT2D eigenvalue weighted by molar-refractivity contribution is 0.102. The van der Waals surface area contributed by atoms with E-state index in [9.17, 15) is 4.79 Å². The van der Waals surface area contributed by atoms with Crippen LogP contribution in [0.4, 0.5) is 11.6 Å². The van der Waals surface area contributed by atoms with Crippen LogP contribution in [0.3, 0.4) is 0 Å². The lowest BCUT2D eigenvalue weighted by atomic mass is 10.1. The second-order valence-corrected chi connectivity index (χ2v) is 7.24. The minimum Gasteiger partial charge on any atom is -0.497 e. The molecule has 2 N–H and O–H groups in total. The second-order valence-electron chi connectivity index (χ2n) is 7.24. The molecular formula is C22H25N5O3. The summed E-state index contributed by atoms with van der Waals surface area (Å²) >= 11 is 0. The van der Waals surface area contributed by atoms with Crippen LogP contribution in [0.25, 0.3) is 11.4 Å². The Bertz CT molecular complexity index is 1060. The van der Waals surface area contributed by atoms with Crippen LogP contribution in [-0.4, -0.2) is 48.4 Å². The number of amides is 1. The summed E-state index contributed by atoms with van der Waals surface area (Å²) in [5.74, 6) is 1.75. The fourth-order valence-corrected chi connectivity index (χ4v) is 3.67. The highest BCUT2D eigenvalue weighted by atomic mass is 16.5. The van der Waals surface area contributed by atoms with E-state index in [0.717, 1.165) is 42.7 Å². The molecule has 1 amide bonds. The molecule has 8 heteroatoms. The van der Waals surface area contributed by atoms with Crippen molar-refractivity contribution in [3.63, 3.8) is 0 Å². The van der Waals surface area contributed by atoms with Crippen molar-refractivity contribution in [2.45, 2.75) is 19.8 Å². The van der Waals surface area contributed by atoms with Crippen molar-refractivity contribution in [3.05, 3.63) is 47.5 Å². The van der Waals surface area contributed by atoms with Gasteiger partial charge in [0.2, 0.25) is 5.95 Å². The van der Waals surface area contributed by atoms with Gasteiger partial charge in [-0.05, 0) is 44.0 Å². The molecule has 8 nitrogen and oxygen atoms in total. The first-order valence-corrected chi connectivity index (χ1v) is 9.91. The van der Waals surface area contributed by atoms with Crippen LogP contribution in [0.1, 0.15) is 28.8 Å². The SMILES string of the molecule is COc1ccc(-c2nc(NC(=O)c3cc(C)ccc3N3CCCC3)n[nH]2)c(OC)c1. The van der Waals surface area contributed by atoms with E-state index in [-0.39, 0.29) is 11.9 Å². The zero-order valence-electron chi connectivity index (χ0n) is 17.4. The number of carbonyl (C=O) groups excluding carboxylic acids is 1. The third kappa shape index (κ3) is 3.94. The number of aryl methyl sites for hydroxylation is 1. The predicted molar refractivity (Wildman–Crippen MR) is 116 cm³/mol. The highest BCUT2D eigenvalue weighted by Gasteiger charge is 2.21. The quantitative estimate of drug-likeness (QED) is 0.648. The van der Waals surface area contributed by atoms with Crippen molar-refractivity contribution in [2.24, 2.45) is 0 Å². The maximum atomic E-state index is 13.0. The maximum Gasteiger partial charge on any atom is 0.260 e. The molecule has 0 atom stereocenters. The number of methoxy groups -OCH3 is 2. The number of anilines is 2. The van der Waals surface area contributed by atoms with Crippen LogP contribution >= 0.6 is 0 Å². The van der Waals surface area contributed by atoms with Crippen molar-refractivity contribution in [3.8, 4) is 22.9 Å². The van der Waals surface area contributed by atoms with Crippen LogP contribution < -0.4 is 19.7 Å². The first-order valence-electron chi connectivity index (χ1n) is 9.91. The van der Waals surface area contributed by atoms with E-state index >= 15 is 0 Å². The molecule has 0 unspecified atom stereocenters. The fraction of sp³-hybridized carbons (Fsp3) is 0.318. The number of aromatic nitrogens is 3. The summed E-state index contributed by atoms with van der Waals surface area (Å²) in [6, 6.07) is 11.4. The number of nitrogens with one attached hydrogen (secondary N) is 2. The number of rotatable bonds is 6. The maximum absolute atomic E-state index is 13.0. The highest BCUT2D eigenvalue weighted by molar-refractivity contribution is 6.07. The largest absolute Gasteiger partial charge is 0.497 e. The Labute approximate surface area is 175 Å². The van der Waals surface area contributed by atoms with Gasteiger partial charge in [-0.3, -0.25) is 15.2 Å². The number of carbonyl (C=O) groups is 1. The van der Waals surface area contributed by atoms with Crippen LogP contribution in [0, 0.1) is 6.92 Å². The molecule has 1 aliphatic rings. The Morgan fingerprint density at radius 1 is 1.10 bits per heavy atom.